The first-order valence-electron chi connectivity index (χ1n) is 7.78. The third-order valence-electron chi connectivity index (χ3n) is 4.51. The molecule has 1 aliphatic carbocycles. The molecule has 106 valence electrons. The van der Waals surface area contributed by atoms with Crippen molar-refractivity contribution in [1.29, 1.82) is 0 Å². The minimum absolute atomic E-state index is 0.572. The lowest BCUT2D eigenvalue weighted by Crippen LogP contribution is -1.96. The standard InChI is InChI=1S/C18H19N3/c1-2-8-14(7-1)18-19-17(20-21-18)12-15-10-5-9-13-6-3-4-11-16(13)15/h3-6,9-11,14H,1-2,7-8,12H2,(H,19,20,21). The topological polar surface area (TPSA) is 41.6 Å². The van der Waals surface area contributed by atoms with Crippen LogP contribution in [0, 0.1) is 0 Å². The van der Waals surface area contributed by atoms with Crippen molar-refractivity contribution in [2.75, 3.05) is 0 Å². The maximum Gasteiger partial charge on any atom is 0.153 e. The molecule has 4 rings (SSSR count). The van der Waals surface area contributed by atoms with Crippen LogP contribution in [0.15, 0.2) is 42.5 Å². The Bertz CT molecular complexity index is 749. The minimum atomic E-state index is 0.572. The van der Waals surface area contributed by atoms with Crippen LogP contribution in [0.2, 0.25) is 0 Å². The van der Waals surface area contributed by atoms with Gasteiger partial charge in [-0.3, -0.25) is 5.10 Å². The molecule has 3 heteroatoms. The average molecular weight is 277 g/mol. The molecule has 0 aliphatic heterocycles. The number of rotatable bonds is 3. The number of H-pyrrole nitrogens is 1. The number of aromatic amines is 1. The molecule has 0 unspecified atom stereocenters. The van der Waals surface area contributed by atoms with Crippen LogP contribution in [0.1, 0.15) is 48.8 Å². The summed E-state index contributed by atoms with van der Waals surface area (Å²) >= 11 is 0. The van der Waals surface area contributed by atoms with Crippen LogP contribution in [0.25, 0.3) is 10.8 Å². The molecule has 21 heavy (non-hydrogen) atoms. The Balaban J connectivity index is 1.62. The van der Waals surface area contributed by atoms with Gasteiger partial charge in [0, 0.05) is 12.3 Å². The highest BCUT2D eigenvalue weighted by molar-refractivity contribution is 5.85. The van der Waals surface area contributed by atoms with Gasteiger partial charge in [0.2, 0.25) is 0 Å². The van der Waals surface area contributed by atoms with Gasteiger partial charge in [0.1, 0.15) is 5.82 Å². The lowest BCUT2D eigenvalue weighted by atomic mass is 10.0. The molecule has 1 heterocycles. The van der Waals surface area contributed by atoms with E-state index in [4.69, 9.17) is 4.98 Å². The highest BCUT2D eigenvalue weighted by atomic mass is 15.2. The molecule has 0 amide bonds. The molecule has 1 fully saturated rings. The van der Waals surface area contributed by atoms with Crippen molar-refractivity contribution >= 4 is 10.8 Å². The van der Waals surface area contributed by atoms with E-state index in [0.29, 0.717) is 5.92 Å². The predicted octanol–water partition coefficient (Wildman–Crippen LogP) is 4.21. The van der Waals surface area contributed by atoms with Crippen molar-refractivity contribution in [1.82, 2.24) is 15.2 Å². The first-order valence-corrected chi connectivity index (χ1v) is 7.78. The number of hydrogen-bond donors (Lipinski definition) is 1. The maximum absolute atomic E-state index is 4.73. The molecular weight excluding hydrogens is 258 g/mol. The van der Waals surface area contributed by atoms with Crippen LogP contribution in [0.3, 0.4) is 0 Å². The van der Waals surface area contributed by atoms with Crippen LogP contribution in [-0.4, -0.2) is 15.2 Å². The van der Waals surface area contributed by atoms with Crippen molar-refractivity contribution in [3.05, 3.63) is 59.7 Å². The second-order valence-electron chi connectivity index (χ2n) is 5.94. The van der Waals surface area contributed by atoms with Gasteiger partial charge in [0.15, 0.2) is 5.82 Å². The van der Waals surface area contributed by atoms with Crippen molar-refractivity contribution in [3.63, 3.8) is 0 Å². The molecule has 3 aromatic rings. The van der Waals surface area contributed by atoms with Crippen LogP contribution in [0.5, 0.6) is 0 Å². The largest absolute Gasteiger partial charge is 0.263 e. The molecule has 1 saturated carbocycles. The Morgan fingerprint density at radius 3 is 2.71 bits per heavy atom. The summed E-state index contributed by atoms with van der Waals surface area (Å²) in [6, 6.07) is 15.0. The summed E-state index contributed by atoms with van der Waals surface area (Å²) in [7, 11) is 0. The Labute approximate surface area is 124 Å². The van der Waals surface area contributed by atoms with E-state index in [1.54, 1.807) is 0 Å². The predicted molar refractivity (Wildman–Crippen MR) is 84.3 cm³/mol. The summed E-state index contributed by atoms with van der Waals surface area (Å²) in [6.07, 6.45) is 5.94. The quantitative estimate of drug-likeness (QED) is 0.779. The molecule has 0 bridgehead atoms. The van der Waals surface area contributed by atoms with Crippen LogP contribution in [0.4, 0.5) is 0 Å². The summed E-state index contributed by atoms with van der Waals surface area (Å²) in [5, 5.41) is 10.2. The number of fused-ring (bicyclic) bond motifs is 1. The lowest BCUT2D eigenvalue weighted by Gasteiger charge is -2.04. The lowest BCUT2D eigenvalue weighted by molar-refractivity contribution is 0.671. The first kappa shape index (κ1) is 12.6. The van der Waals surface area contributed by atoms with E-state index >= 15 is 0 Å². The van der Waals surface area contributed by atoms with Crippen molar-refractivity contribution in [2.45, 2.75) is 38.0 Å². The minimum Gasteiger partial charge on any atom is -0.263 e. The fourth-order valence-corrected chi connectivity index (χ4v) is 3.38. The second-order valence-corrected chi connectivity index (χ2v) is 5.94. The zero-order valence-corrected chi connectivity index (χ0v) is 12.0. The normalized spacial score (nSPS) is 15.8. The van der Waals surface area contributed by atoms with Gasteiger partial charge >= 0.3 is 0 Å². The van der Waals surface area contributed by atoms with E-state index in [-0.39, 0.29) is 0 Å². The van der Waals surface area contributed by atoms with Gasteiger partial charge in [-0.2, -0.15) is 5.10 Å². The molecular formula is C18H19N3. The third kappa shape index (κ3) is 2.44. The Hall–Kier alpha value is -2.16. The Morgan fingerprint density at radius 1 is 1.00 bits per heavy atom. The molecule has 0 saturated heterocycles. The van der Waals surface area contributed by atoms with Crippen molar-refractivity contribution in [2.24, 2.45) is 0 Å². The summed E-state index contributed by atoms with van der Waals surface area (Å²) in [5.74, 6) is 2.57. The van der Waals surface area contributed by atoms with Crippen molar-refractivity contribution in [3.8, 4) is 0 Å². The number of nitrogens with zero attached hydrogens (tertiary/aromatic N) is 2. The van der Waals surface area contributed by atoms with Crippen molar-refractivity contribution < 1.29 is 0 Å². The zero-order chi connectivity index (χ0) is 14.1. The zero-order valence-electron chi connectivity index (χ0n) is 12.0. The number of hydrogen-bond acceptors (Lipinski definition) is 2. The summed E-state index contributed by atoms with van der Waals surface area (Å²) in [5.41, 5.74) is 1.31. The third-order valence-corrected chi connectivity index (χ3v) is 4.51. The van der Waals surface area contributed by atoms with E-state index in [1.807, 2.05) is 0 Å². The van der Waals surface area contributed by atoms with Gasteiger partial charge in [0.25, 0.3) is 0 Å². The SMILES string of the molecule is c1ccc2c(Cc3nc(C4CCCC4)n[nH]3)cccc2c1. The fraction of sp³-hybridized carbons (Fsp3) is 0.333. The van der Waals surface area contributed by atoms with Gasteiger partial charge in [-0.15, -0.1) is 0 Å². The summed E-state index contributed by atoms with van der Waals surface area (Å²) in [4.78, 5) is 4.73. The summed E-state index contributed by atoms with van der Waals surface area (Å²) in [6.45, 7) is 0. The maximum atomic E-state index is 4.73. The Kier molecular flexibility index (Phi) is 3.18. The fourth-order valence-electron chi connectivity index (χ4n) is 3.38. The molecule has 2 aromatic carbocycles. The second kappa shape index (κ2) is 5.32. The molecule has 1 aliphatic rings. The van der Waals surface area contributed by atoms with Crippen LogP contribution in [-0.2, 0) is 6.42 Å². The Morgan fingerprint density at radius 2 is 1.81 bits per heavy atom. The van der Waals surface area contributed by atoms with E-state index in [9.17, 15) is 0 Å². The number of aromatic nitrogens is 3. The molecule has 0 radical (unpaired) electrons. The van der Waals surface area contributed by atoms with Gasteiger partial charge < -0.3 is 0 Å². The highest BCUT2D eigenvalue weighted by Crippen LogP contribution is 2.32. The number of benzene rings is 2. The van der Waals surface area contributed by atoms with E-state index in [2.05, 4.69) is 52.7 Å². The van der Waals surface area contributed by atoms with Gasteiger partial charge in [-0.05, 0) is 29.2 Å². The van der Waals surface area contributed by atoms with E-state index < -0.39 is 0 Å². The van der Waals surface area contributed by atoms with Gasteiger partial charge in [-0.25, -0.2) is 4.98 Å². The van der Waals surface area contributed by atoms with E-state index in [0.717, 1.165) is 18.1 Å². The molecule has 0 atom stereocenters. The first-order chi connectivity index (χ1) is 10.4. The molecule has 3 nitrogen and oxygen atoms in total. The molecule has 1 N–H and O–H groups in total. The molecule has 1 aromatic heterocycles. The van der Waals surface area contributed by atoms with Crippen LogP contribution >= 0.6 is 0 Å². The smallest absolute Gasteiger partial charge is 0.153 e. The van der Waals surface area contributed by atoms with Crippen LogP contribution < -0.4 is 0 Å². The molecule has 0 spiro atoms. The average Bonchev–Trinajstić information content (AvgIpc) is 3.18. The summed E-state index contributed by atoms with van der Waals surface area (Å²) < 4.78 is 0. The van der Waals surface area contributed by atoms with E-state index in [1.165, 1.54) is 42.0 Å². The monoisotopic (exact) mass is 277 g/mol. The van der Waals surface area contributed by atoms with Gasteiger partial charge in [-0.1, -0.05) is 55.3 Å². The number of nitrogens with one attached hydrogen (secondary N) is 1. The highest BCUT2D eigenvalue weighted by Gasteiger charge is 2.21. The van der Waals surface area contributed by atoms with Gasteiger partial charge in [0.05, 0.1) is 0 Å².